The number of nitrogens with two attached hydrogens (primary N) is 1. The van der Waals surface area contributed by atoms with Crippen molar-refractivity contribution in [3.05, 3.63) is 12.7 Å². The Balaban J connectivity index is 3.83. The van der Waals surface area contributed by atoms with Gasteiger partial charge in [0.2, 0.25) is 5.91 Å². The molecule has 0 heterocycles. The Morgan fingerprint density at radius 3 is 2.40 bits per heavy atom. The minimum atomic E-state index is -0.293. The lowest BCUT2D eigenvalue weighted by atomic mass is 10.2. The first-order valence-electron chi connectivity index (χ1n) is 3.15. The lowest BCUT2D eigenvalue weighted by Gasteiger charge is -2.18. The Morgan fingerprint density at radius 1 is 1.80 bits per heavy atom. The van der Waals surface area contributed by atoms with Crippen LogP contribution in [0.15, 0.2) is 12.7 Å². The number of primary amides is 1. The third kappa shape index (κ3) is 3.25. The number of carbonyl (C=O) groups is 1. The van der Waals surface area contributed by atoms with Gasteiger partial charge in [-0.25, -0.2) is 0 Å². The molecule has 0 aliphatic rings. The highest BCUT2D eigenvalue weighted by atomic mass is 16.1. The van der Waals surface area contributed by atoms with Gasteiger partial charge in [0.15, 0.2) is 0 Å². The molecule has 0 rings (SSSR count). The van der Waals surface area contributed by atoms with E-state index in [2.05, 4.69) is 6.58 Å². The molecule has 0 aromatic heterocycles. The molecular formula is C7H14N2O. The van der Waals surface area contributed by atoms with E-state index in [1.807, 2.05) is 19.0 Å². The summed E-state index contributed by atoms with van der Waals surface area (Å²) in [6.07, 6.45) is 2.06. The molecule has 3 heteroatoms. The molecule has 1 amide bonds. The Kier molecular flexibility index (Phi) is 3.72. The van der Waals surface area contributed by atoms with Crippen LogP contribution in [0.25, 0.3) is 0 Å². The van der Waals surface area contributed by atoms with Crippen molar-refractivity contribution in [2.75, 3.05) is 14.1 Å². The minimum absolute atomic E-state index is 0.0671. The number of amides is 1. The van der Waals surface area contributed by atoms with Crippen LogP contribution in [0.4, 0.5) is 0 Å². The molecular weight excluding hydrogens is 128 g/mol. The summed E-state index contributed by atoms with van der Waals surface area (Å²) in [5.74, 6) is -0.293. The Morgan fingerprint density at radius 2 is 2.30 bits per heavy atom. The molecule has 0 aliphatic carbocycles. The van der Waals surface area contributed by atoms with Crippen LogP contribution in [-0.4, -0.2) is 30.9 Å². The van der Waals surface area contributed by atoms with Crippen LogP contribution in [0.5, 0.6) is 0 Å². The first kappa shape index (κ1) is 9.17. The average Bonchev–Trinajstić information content (AvgIpc) is 1.81. The second-order valence-corrected chi connectivity index (χ2v) is 2.44. The smallest absolute Gasteiger partial charge is 0.219 e. The molecule has 0 aromatic rings. The van der Waals surface area contributed by atoms with E-state index < -0.39 is 0 Å². The van der Waals surface area contributed by atoms with Gasteiger partial charge in [-0.1, -0.05) is 6.08 Å². The molecule has 0 spiro atoms. The van der Waals surface area contributed by atoms with Gasteiger partial charge < -0.3 is 10.6 Å². The zero-order chi connectivity index (χ0) is 8.15. The fourth-order valence-electron chi connectivity index (χ4n) is 0.683. The standard InChI is InChI=1S/C7H14N2O/c1-4-6(9(2)3)5-7(8)10/h4,6H,1,5H2,2-3H3,(H2,8,10). The SMILES string of the molecule is C=CC(CC(N)=O)N(C)C. The van der Waals surface area contributed by atoms with Gasteiger partial charge in [0.1, 0.15) is 0 Å². The molecule has 3 nitrogen and oxygen atoms in total. The van der Waals surface area contributed by atoms with E-state index in [1.54, 1.807) is 6.08 Å². The third-order valence-corrected chi connectivity index (χ3v) is 1.35. The lowest BCUT2D eigenvalue weighted by Crippen LogP contribution is -2.30. The molecule has 0 radical (unpaired) electrons. The van der Waals surface area contributed by atoms with Crippen molar-refractivity contribution < 1.29 is 4.79 Å². The number of likely N-dealkylation sites (N-methyl/N-ethyl adjacent to an activating group) is 1. The molecule has 0 saturated heterocycles. The number of carbonyl (C=O) groups excluding carboxylic acids is 1. The number of hydrogen-bond donors (Lipinski definition) is 1. The van der Waals surface area contributed by atoms with Gasteiger partial charge in [0.05, 0.1) is 0 Å². The summed E-state index contributed by atoms with van der Waals surface area (Å²) in [7, 11) is 3.77. The molecule has 0 bridgehead atoms. The molecule has 10 heavy (non-hydrogen) atoms. The van der Waals surface area contributed by atoms with Crippen LogP contribution < -0.4 is 5.73 Å². The summed E-state index contributed by atoms with van der Waals surface area (Å²) in [4.78, 5) is 12.3. The van der Waals surface area contributed by atoms with Crippen molar-refractivity contribution in [2.24, 2.45) is 5.73 Å². The van der Waals surface area contributed by atoms with E-state index in [0.29, 0.717) is 6.42 Å². The van der Waals surface area contributed by atoms with E-state index in [9.17, 15) is 4.79 Å². The van der Waals surface area contributed by atoms with Gasteiger partial charge >= 0.3 is 0 Å². The molecule has 1 unspecified atom stereocenters. The summed E-state index contributed by atoms with van der Waals surface area (Å²) in [5.41, 5.74) is 4.99. The summed E-state index contributed by atoms with van der Waals surface area (Å²) < 4.78 is 0. The van der Waals surface area contributed by atoms with Gasteiger partial charge in [-0.05, 0) is 14.1 Å². The zero-order valence-electron chi connectivity index (χ0n) is 6.50. The molecule has 0 aromatic carbocycles. The molecule has 2 N–H and O–H groups in total. The van der Waals surface area contributed by atoms with Crippen LogP contribution in [0.3, 0.4) is 0 Å². The van der Waals surface area contributed by atoms with Crippen LogP contribution in [0.2, 0.25) is 0 Å². The molecule has 0 saturated carbocycles. The van der Waals surface area contributed by atoms with Crippen LogP contribution in [0, 0.1) is 0 Å². The first-order chi connectivity index (χ1) is 4.57. The van der Waals surface area contributed by atoms with Crippen molar-refractivity contribution in [1.29, 1.82) is 0 Å². The quantitative estimate of drug-likeness (QED) is 0.561. The van der Waals surface area contributed by atoms with E-state index in [-0.39, 0.29) is 11.9 Å². The number of rotatable bonds is 4. The lowest BCUT2D eigenvalue weighted by molar-refractivity contribution is -0.118. The highest BCUT2D eigenvalue weighted by Crippen LogP contribution is 1.98. The van der Waals surface area contributed by atoms with Gasteiger partial charge in [-0.3, -0.25) is 4.79 Å². The summed E-state index contributed by atoms with van der Waals surface area (Å²) >= 11 is 0. The molecule has 0 aliphatic heterocycles. The normalized spacial score (nSPS) is 13.1. The second-order valence-electron chi connectivity index (χ2n) is 2.44. The molecule has 0 fully saturated rings. The maximum Gasteiger partial charge on any atom is 0.219 e. The zero-order valence-corrected chi connectivity index (χ0v) is 6.50. The topological polar surface area (TPSA) is 46.3 Å². The highest BCUT2D eigenvalue weighted by Gasteiger charge is 2.08. The van der Waals surface area contributed by atoms with Gasteiger partial charge in [0, 0.05) is 12.5 Å². The second kappa shape index (κ2) is 4.06. The molecule has 58 valence electrons. The number of nitrogens with zero attached hydrogens (tertiary/aromatic N) is 1. The molecule has 1 atom stereocenters. The van der Waals surface area contributed by atoms with E-state index >= 15 is 0 Å². The van der Waals surface area contributed by atoms with Crippen molar-refractivity contribution >= 4 is 5.91 Å². The van der Waals surface area contributed by atoms with Gasteiger partial charge in [0.25, 0.3) is 0 Å². The van der Waals surface area contributed by atoms with Gasteiger partial charge in [-0.2, -0.15) is 0 Å². The van der Waals surface area contributed by atoms with Crippen molar-refractivity contribution in [3.63, 3.8) is 0 Å². The van der Waals surface area contributed by atoms with Crippen molar-refractivity contribution in [3.8, 4) is 0 Å². The maximum atomic E-state index is 10.4. The van der Waals surface area contributed by atoms with Crippen LogP contribution >= 0.6 is 0 Å². The fraction of sp³-hybridized carbons (Fsp3) is 0.571. The summed E-state index contributed by atoms with van der Waals surface area (Å²) in [6, 6.07) is 0.0671. The Bertz CT molecular complexity index is 132. The number of hydrogen-bond acceptors (Lipinski definition) is 2. The maximum absolute atomic E-state index is 10.4. The van der Waals surface area contributed by atoms with E-state index in [0.717, 1.165) is 0 Å². The monoisotopic (exact) mass is 142 g/mol. The van der Waals surface area contributed by atoms with Crippen molar-refractivity contribution in [2.45, 2.75) is 12.5 Å². The van der Waals surface area contributed by atoms with Crippen LogP contribution in [0.1, 0.15) is 6.42 Å². The summed E-state index contributed by atoms with van der Waals surface area (Å²) in [6.45, 7) is 3.59. The van der Waals surface area contributed by atoms with Crippen molar-refractivity contribution in [1.82, 2.24) is 4.90 Å². The third-order valence-electron chi connectivity index (χ3n) is 1.35. The van der Waals surface area contributed by atoms with Gasteiger partial charge in [-0.15, -0.1) is 6.58 Å². The summed E-state index contributed by atoms with van der Waals surface area (Å²) in [5, 5.41) is 0. The predicted molar refractivity (Wildman–Crippen MR) is 41.5 cm³/mol. The largest absolute Gasteiger partial charge is 0.370 e. The minimum Gasteiger partial charge on any atom is -0.370 e. The fourth-order valence-corrected chi connectivity index (χ4v) is 0.683. The highest BCUT2D eigenvalue weighted by molar-refractivity contribution is 5.74. The Labute approximate surface area is 61.5 Å². The first-order valence-corrected chi connectivity index (χ1v) is 3.15. The van der Waals surface area contributed by atoms with E-state index in [1.165, 1.54) is 0 Å². The average molecular weight is 142 g/mol. The van der Waals surface area contributed by atoms with E-state index in [4.69, 9.17) is 5.73 Å². The predicted octanol–water partition coefficient (Wildman–Crippen LogP) is -0.0220. The van der Waals surface area contributed by atoms with Crippen LogP contribution in [-0.2, 0) is 4.79 Å². The Hall–Kier alpha value is -0.830.